The van der Waals surface area contributed by atoms with Gasteiger partial charge in [-0.25, -0.2) is 0 Å². The van der Waals surface area contributed by atoms with Crippen molar-refractivity contribution in [2.75, 3.05) is 7.11 Å². The summed E-state index contributed by atoms with van der Waals surface area (Å²) in [7, 11) is 1.60. The molecule has 0 fully saturated rings. The number of fused-ring (bicyclic) bond motifs is 2. The van der Waals surface area contributed by atoms with Crippen molar-refractivity contribution < 1.29 is 9.66 Å². The molecule has 0 aliphatic heterocycles. The Morgan fingerprint density at radius 1 is 0.964 bits per heavy atom. The van der Waals surface area contributed by atoms with E-state index in [0.29, 0.717) is 16.8 Å². The van der Waals surface area contributed by atoms with Crippen LogP contribution < -0.4 is 0 Å². The van der Waals surface area contributed by atoms with Crippen molar-refractivity contribution in [3.05, 3.63) is 110 Å². The highest BCUT2D eigenvalue weighted by atomic mass is 79.9. The molecule has 0 saturated heterocycles. The van der Waals surface area contributed by atoms with Crippen LogP contribution in [0.5, 0.6) is 0 Å². The fourth-order valence-electron chi connectivity index (χ4n) is 3.63. The monoisotopic (exact) mass is 437 g/mol. The lowest BCUT2D eigenvalue weighted by Crippen LogP contribution is -2.40. The summed E-state index contributed by atoms with van der Waals surface area (Å²) in [6, 6.07) is 21.5. The topological polar surface area (TPSA) is 77.1 Å². The van der Waals surface area contributed by atoms with E-state index >= 15 is 0 Å². The molecule has 4 rings (SSSR count). The average Bonchev–Trinajstić information content (AvgIpc) is 2.72. The molecule has 3 aromatic rings. The van der Waals surface area contributed by atoms with Gasteiger partial charge >= 0.3 is 5.66 Å². The van der Waals surface area contributed by atoms with Gasteiger partial charge in [-0.3, -0.25) is 10.1 Å². The summed E-state index contributed by atoms with van der Waals surface area (Å²) in [6.45, 7) is 0. The van der Waals surface area contributed by atoms with E-state index in [1.165, 1.54) is 0 Å². The Kier molecular flexibility index (Phi) is 4.78. The van der Waals surface area contributed by atoms with Crippen molar-refractivity contribution in [1.29, 1.82) is 0 Å². The van der Waals surface area contributed by atoms with Crippen LogP contribution in [-0.4, -0.2) is 12.0 Å². The summed E-state index contributed by atoms with van der Waals surface area (Å²) < 4.78 is 6.59. The van der Waals surface area contributed by atoms with Gasteiger partial charge in [-0.1, -0.05) is 57.4 Å². The smallest absolute Gasteiger partial charge is 0.372 e. The van der Waals surface area contributed by atoms with Crippen LogP contribution in [0.3, 0.4) is 0 Å². The second-order valence-corrected chi connectivity index (χ2v) is 7.31. The van der Waals surface area contributed by atoms with Crippen LogP contribution in [0.15, 0.2) is 87.5 Å². The van der Waals surface area contributed by atoms with Crippen molar-refractivity contribution in [3.63, 3.8) is 0 Å². The Balaban J connectivity index is 1.98. The van der Waals surface area contributed by atoms with Crippen LogP contribution in [0.2, 0.25) is 0 Å². The molecule has 6 nitrogen and oxygen atoms in total. The Hall–Kier alpha value is -2.90. The molecule has 0 amide bonds. The molecule has 3 aromatic carbocycles. The van der Waals surface area contributed by atoms with E-state index in [0.717, 1.165) is 15.6 Å². The lowest BCUT2D eigenvalue weighted by Gasteiger charge is -2.33. The number of halogens is 1. The molecule has 0 saturated carbocycles. The summed E-state index contributed by atoms with van der Waals surface area (Å²) in [5, 5.41) is 21.0. The molecule has 0 radical (unpaired) electrons. The van der Waals surface area contributed by atoms with Crippen LogP contribution in [0, 0.1) is 10.1 Å². The van der Waals surface area contributed by atoms with Crippen molar-refractivity contribution in [3.8, 4) is 0 Å². The van der Waals surface area contributed by atoms with Gasteiger partial charge in [0.1, 0.15) is 6.10 Å². The molecule has 28 heavy (non-hydrogen) atoms. The van der Waals surface area contributed by atoms with E-state index in [1.54, 1.807) is 43.5 Å². The molecule has 0 N–H and O–H groups in total. The molecule has 0 heterocycles. The second kappa shape index (κ2) is 7.26. The predicted molar refractivity (Wildman–Crippen MR) is 108 cm³/mol. The van der Waals surface area contributed by atoms with Gasteiger partial charge in [0.2, 0.25) is 0 Å². The largest absolute Gasteiger partial charge is 0.382 e. The van der Waals surface area contributed by atoms with Gasteiger partial charge in [-0.05, 0) is 47.5 Å². The summed E-state index contributed by atoms with van der Waals surface area (Å²) in [5.41, 5.74) is 1.06. The minimum atomic E-state index is -1.84. The van der Waals surface area contributed by atoms with E-state index in [4.69, 9.17) is 4.74 Å². The Bertz CT molecular complexity index is 1020. The second-order valence-electron chi connectivity index (χ2n) is 6.40. The zero-order valence-electron chi connectivity index (χ0n) is 14.9. The number of hydrogen-bond donors (Lipinski definition) is 0. The van der Waals surface area contributed by atoms with Gasteiger partial charge in [0.15, 0.2) is 0 Å². The lowest BCUT2D eigenvalue weighted by atomic mass is 9.77. The van der Waals surface area contributed by atoms with Gasteiger partial charge in [0.25, 0.3) is 0 Å². The number of azo groups is 1. The van der Waals surface area contributed by atoms with E-state index in [1.807, 2.05) is 36.4 Å². The van der Waals surface area contributed by atoms with Crippen molar-refractivity contribution in [2.45, 2.75) is 11.8 Å². The van der Waals surface area contributed by atoms with Crippen LogP contribution in [0.25, 0.3) is 0 Å². The molecule has 0 atom stereocenters. The van der Waals surface area contributed by atoms with E-state index < -0.39 is 11.8 Å². The number of rotatable bonds is 4. The highest BCUT2D eigenvalue weighted by Crippen LogP contribution is 2.48. The summed E-state index contributed by atoms with van der Waals surface area (Å²) in [6.07, 6.45) is -0.400. The van der Waals surface area contributed by atoms with Crippen LogP contribution in [0.1, 0.15) is 28.4 Å². The highest BCUT2D eigenvalue weighted by Gasteiger charge is 2.55. The van der Waals surface area contributed by atoms with Gasteiger partial charge < -0.3 is 4.74 Å². The van der Waals surface area contributed by atoms with Crippen LogP contribution in [-0.2, 0) is 10.4 Å². The normalized spacial score (nSPS) is 20.6. The number of nitro groups is 1. The summed E-state index contributed by atoms with van der Waals surface area (Å²) in [4.78, 5) is 12.1. The molecule has 0 bridgehead atoms. The van der Waals surface area contributed by atoms with Crippen molar-refractivity contribution in [1.82, 2.24) is 0 Å². The number of ether oxygens (including phenoxy) is 1. The zero-order chi connectivity index (χ0) is 19.7. The first kappa shape index (κ1) is 18.5. The van der Waals surface area contributed by atoms with E-state index in [2.05, 4.69) is 26.2 Å². The predicted octanol–water partition coefficient (Wildman–Crippen LogP) is 5.76. The van der Waals surface area contributed by atoms with Crippen LogP contribution in [0.4, 0.5) is 5.69 Å². The Morgan fingerprint density at radius 2 is 1.50 bits per heavy atom. The Labute approximate surface area is 170 Å². The third kappa shape index (κ3) is 2.83. The first-order valence-corrected chi connectivity index (χ1v) is 9.42. The van der Waals surface area contributed by atoms with E-state index in [9.17, 15) is 10.1 Å². The van der Waals surface area contributed by atoms with Crippen LogP contribution >= 0.6 is 15.9 Å². The Morgan fingerprint density at radius 3 is 2.00 bits per heavy atom. The number of nitrogens with zero attached hydrogens (tertiary/aromatic N) is 3. The molecular weight excluding hydrogens is 422 g/mol. The highest BCUT2D eigenvalue weighted by molar-refractivity contribution is 9.10. The van der Waals surface area contributed by atoms with Gasteiger partial charge in [0.05, 0.1) is 21.7 Å². The van der Waals surface area contributed by atoms with Gasteiger partial charge in [0, 0.05) is 11.6 Å². The SMILES string of the molecule is COC1c2ccccc2C(N=Nc2ccc(Br)cc2)([N+](=O)[O-])c2ccccc21. The molecule has 0 unspecified atom stereocenters. The first-order valence-electron chi connectivity index (χ1n) is 8.62. The van der Waals surface area contributed by atoms with Crippen molar-refractivity contribution >= 4 is 21.6 Å². The fourth-order valence-corrected chi connectivity index (χ4v) is 3.90. The number of benzene rings is 3. The maximum atomic E-state index is 12.5. The standard InChI is InChI=1S/C21H16BrN3O3/c1-28-20-16-6-2-4-8-18(16)21(25(26)27,19-9-5-3-7-17(19)20)24-23-15-12-10-14(22)11-13-15/h2-13,20H,1H3. The molecule has 0 aromatic heterocycles. The van der Waals surface area contributed by atoms with Gasteiger partial charge in [-0.15, -0.1) is 5.11 Å². The first-order chi connectivity index (χ1) is 13.6. The molecular formula is C21H16BrN3O3. The lowest BCUT2D eigenvalue weighted by molar-refractivity contribution is -0.566. The molecule has 1 aliphatic carbocycles. The third-order valence-electron chi connectivity index (χ3n) is 4.87. The minimum Gasteiger partial charge on any atom is -0.372 e. The molecule has 140 valence electrons. The fraction of sp³-hybridized carbons (Fsp3) is 0.143. The molecule has 0 spiro atoms. The maximum absolute atomic E-state index is 12.5. The number of hydrogen-bond acceptors (Lipinski definition) is 5. The van der Waals surface area contributed by atoms with E-state index in [-0.39, 0.29) is 4.92 Å². The third-order valence-corrected chi connectivity index (χ3v) is 5.40. The summed E-state index contributed by atoms with van der Waals surface area (Å²) >= 11 is 3.37. The maximum Gasteiger partial charge on any atom is 0.382 e. The molecule has 7 heteroatoms. The average molecular weight is 438 g/mol. The quantitative estimate of drug-likeness (QED) is 0.295. The zero-order valence-corrected chi connectivity index (χ0v) is 16.5. The molecule has 1 aliphatic rings. The van der Waals surface area contributed by atoms with Gasteiger partial charge in [-0.2, -0.15) is 0 Å². The summed E-state index contributed by atoms with van der Waals surface area (Å²) in [5.74, 6) is 0. The van der Waals surface area contributed by atoms with Crippen molar-refractivity contribution in [2.24, 2.45) is 10.2 Å². The number of methoxy groups -OCH3 is 1. The minimum absolute atomic E-state index is 0.376.